The maximum Gasteiger partial charge on any atom is 0.191 e. The van der Waals surface area contributed by atoms with E-state index in [4.69, 9.17) is 14.9 Å². The Kier molecular flexibility index (Phi) is 7.98. The molecule has 1 aliphatic rings. The molecule has 0 spiro atoms. The van der Waals surface area contributed by atoms with Crippen LogP contribution in [0.3, 0.4) is 0 Å². The van der Waals surface area contributed by atoms with E-state index < -0.39 is 24.4 Å². The fraction of sp³-hybridized carbons (Fsp3) is 0.765. The van der Waals surface area contributed by atoms with Gasteiger partial charge in [0.15, 0.2) is 22.1 Å². The molecule has 0 aromatic carbocycles. The number of hydrogen-bond donors (Lipinski definition) is 5. The molecule has 0 unspecified atom stereocenters. The van der Waals surface area contributed by atoms with Gasteiger partial charge in [-0.1, -0.05) is 23.9 Å². The first-order valence-electron chi connectivity index (χ1n) is 9.79. The molecular formula is C17H28N6O5S. The lowest BCUT2D eigenvalue weighted by Crippen LogP contribution is -2.33. The zero-order chi connectivity index (χ0) is 20.8. The minimum atomic E-state index is -1.10. The maximum atomic E-state index is 10.5. The van der Waals surface area contributed by atoms with Crippen molar-refractivity contribution in [3.05, 3.63) is 0 Å². The van der Waals surface area contributed by atoms with Crippen LogP contribution in [0.4, 0.5) is 5.82 Å². The van der Waals surface area contributed by atoms with Gasteiger partial charge in [-0.2, -0.15) is 0 Å². The minimum Gasteiger partial charge on any atom is -0.396 e. The van der Waals surface area contributed by atoms with Crippen molar-refractivity contribution >= 4 is 28.7 Å². The third-order valence-electron chi connectivity index (χ3n) is 4.70. The number of nitrogens with one attached hydrogen (secondary N) is 1. The van der Waals surface area contributed by atoms with E-state index in [1.54, 1.807) is 0 Å². The van der Waals surface area contributed by atoms with Gasteiger partial charge in [-0.3, -0.25) is 0 Å². The van der Waals surface area contributed by atoms with Crippen LogP contribution in [0.2, 0.25) is 0 Å². The van der Waals surface area contributed by atoms with Gasteiger partial charge in [0.25, 0.3) is 0 Å². The van der Waals surface area contributed by atoms with E-state index in [1.807, 2.05) is 0 Å². The molecule has 2 aromatic heterocycles. The van der Waals surface area contributed by atoms with E-state index in [1.165, 1.54) is 16.4 Å². The standard InChI is InChI=1S/C17H28N6O5S/c1-2-8-29-17-19-15(18-4-3-5-24)12-16(20-17)23(22-21-12)10-9-11(28-7-6-25)14(27)13(10)26/h10-11,13-14,24-27H,2-9H2,1H3,(H,18,19,20)/t10-,11+,13+,14-/m1/s1. The van der Waals surface area contributed by atoms with Gasteiger partial charge in [0.2, 0.25) is 0 Å². The smallest absolute Gasteiger partial charge is 0.191 e. The Morgan fingerprint density at radius 3 is 2.76 bits per heavy atom. The number of aliphatic hydroxyl groups is 4. The molecule has 0 saturated heterocycles. The molecule has 2 aromatic rings. The van der Waals surface area contributed by atoms with Crippen LogP contribution in [0, 0.1) is 0 Å². The van der Waals surface area contributed by atoms with E-state index in [0.29, 0.717) is 41.5 Å². The highest BCUT2D eigenvalue weighted by molar-refractivity contribution is 7.99. The predicted molar refractivity (Wildman–Crippen MR) is 107 cm³/mol. The molecule has 1 aliphatic carbocycles. The predicted octanol–water partition coefficient (Wildman–Crippen LogP) is -0.438. The first-order chi connectivity index (χ1) is 14.1. The second-order valence-electron chi connectivity index (χ2n) is 6.83. The van der Waals surface area contributed by atoms with E-state index >= 15 is 0 Å². The molecular weight excluding hydrogens is 400 g/mol. The lowest BCUT2D eigenvalue weighted by Gasteiger charge is -2.17. The Labute approximate surface area is 172 Å². The summed E-state index contributed by atoms with van der Waals surface area (Å²) in [5.74, 6) is 1.37. The molecule has 12 heteroatoms. The quantitative estimate of drug-likeness (QED) is 0.179. The average Bonchev–Trinajstić information content (AvgIpc) is 3.26. The summed E-state index contributed by atoms with van der Waals surface area (Å²) >= 11 is 1.51. The SMILES string of the molecule is CCCSc1nc(NCCCO)c2nnn([C@@H]3C[C@H](OCCO)[C@@H](O)[C@H]3O)c2n1. The number of aliphatic hydroxyl groups excluding tert-OH is 4. The van der Waals surface area contributed by atoms with Crippen LogP contribution < -0.4 is 5.32 Å². The molecule has 0 aliphatic heterocycles. The Bertz CT molecular complexity index is 793. The molecule has 1 saturated carbocycles. The zero-order valence-corrected chi connectivity index (χ0v) is 17.1. The number of anilines is 1. The summed E-state index contributed by atoms with van der Waals surface area (Å²) in [5, 5.41) is 50.9. The Morgan fingerprint density at radius 2 is 2.03 bits per heavy atom. The van der Waals surface area contributed by atoms with Gasteiger partial charge < -0.3 is 30.5 Å². The van der Waals surface area contributed by atoms with Crippen molar-refractivity contribution in [1.82, 2.24) is 25.0 Å². The number of rotatable bonds is 11. The van der Waals surface area contributed by atoms with Crippen molar-refractivity contribution < 1.29 is 25.2 Å². The second kappa shape index (κ2) is 10.5. The van der Waals surface area contributed by atoms with E-state index in [9.17, 15) is 10.2 Å². The highest BCUT2D eigenvalue weighted by Gasteiger charge is 2.44. The summed E-state index contributed by atoms with van der Waals surface area (Å²) in [7, 11) is 0. The van der Waals surface area contributed by atoms with Crippen LogP contribution in [0.5, 0.6) is 0 Å². The van der Waals surface area contributed by atoms with Gasteiger partial charge >= 0.3 is 0 Å². The highest BCUT2D eigenvalue weighted by Crippen LogP contribution is 2.35. The van der Waals surface area contributed by atoms with Gasteiger partial charge in [-0.15, -0.1) is 5.10 Å². The van der Waals surface area contributed by atoms with Crippen LogP contribution in [0.1, 0.15) is 32.2 Å². The van der Waals surface area contributed by atoms with E-state index in [-0.39, 0.29) is 19.8 Å². The van der Waals surface area contributed by atoms with Crippen molar-refractivity contribution in [3.8, 4) is 0 Å². The largest absolute Gasteiger partial charge is 0.396 e. The van der Waals surface area contributed by atoms with Gasteiger partial charge in [0.05, 0.1) is 25.4 Å². The van der Waals surface area contributed by atoms with Crippen molar-refractivity contribution in [2.24, 2.45) is 0 Å². The normalized spacial score (nSPS) is 24.4. The molecule has 5 N–H and O–H groups in total. The van der Waals surface area contributed by atoms with Crippen LogP contribution in [-0.2, 0) is 4.74 Å². The van der Waals surface area contributed by atoms with Gasteiger partial charge in [0.1, 0.15) is 12.2 Å². The lowest BCUT2D eigenvalue weighted by molar-refractivity contribution is -0.0629. The first kappa shape index (κ1) is 22.1. The number of hydrogen-bond acceptors (Lipinski definition) is 11. The number of nitrogens with zero attached hydrogens (tertiary/aromatic N) is 5. The second-order valence-corrected chi connectivity index (χ2v) is 7.89. The average molecular weight is 429 g/mol. The number of ether oxygens (including phenoxy) is 1. The van der Waals surface area contributed by atoms with Gasteiger partial charge in [-0.05, 0) is 12.8 Å². The number of fused-ring (bicyclic) bond motifs is 1. The van der Waals surface area contributed by atoms with Crippen molar-refractivity contribution in [1.29, 1.82) is 0 Å². The molecule has 2 heterocycles. The first-order valence-corrected chi connectivity index (χ1v) is 10.8. The molecule has 3 rings (SSSR count). The zero-order valence-electron chi connectivity index (χ0n) is 16.3. The Morgan fingerprint density at radius 1 is 1.21 bits per heavy atom. The van der Waals surface area contributed by atoms with Gasteiger partial charge in [-0.25, -0.2) is 14.6 Å². The highest BCUT2D eigenvalue weighted by atomic mass is 32.2. The summed E-state index contributed by atoms with van der Waals surface area (Å²) in [6, 6.07) is -0.567. The summed E-state index contributed by atoms with van der Waals surface area (Å²) in [6.45, 7) is 2.57. The number of thioether (sulfide) groups is 1. The monoisotopic (exact) mass is 428 g/mol. The topological polar surface area (TPSA) is 159 Å². The van der Waals surface area contributed by atoms with Crippen LogP contribution in [0.25, 0.3) is 11.2 Å². The van der Waals surface area contributed by atoms with Gasteiger partial charge in [0, 0.05) is 25.3 Å². The minimum absolute atomic E-state index is 0.0622. The molecule has 0 bridgehead atoms. The third kappa shape index (κ3) is 4.95. The summed E-state index contributed by atoms with van der Waals surface area (Å²) in [5.41, 5.74) is 0.925. The molecule has 0 amide bonds. The van der Waals surface area contributed by atoms with E-state index in [2.05, 4.69) is 32.5 Å². The fourth-order valence-electron chi connectivity index (χ4n) is 3.28. The molecule has 1 fully saturated rings. The van der Waals surface area contributed by atoms with Crippen molar-refractivity contribution in [2.75, 3.05) is 37.4 Å². The molecule has 11 nitrogen and oxygen atoms in total. The third-order valence-corrected chi connectivity index (χ3v) is 5.76. The van der Waals surface area contributed by atoms with E-state index in [0.717, 1.165) is 12.2 Å². The molecule has 162 valence electrons. The Balaban J connectivity index is 1.92. The van der Waals surface area contributed by atoms with Crippen molar-refractivity contribution in [3.63, 3.8) is 0 Å². The summed E-state index contributed by atoms with van der Waals surface area (Å²) in [4.78, 5) is 9.10. The van der Waals surface area contributed by atoms with Crippen molar-refractivity contribution in [2.45, 2.75) is 55.7 Å². The maximum absolute atomic E-state index is 10.5. The molecule has 4 atom stereocenters. The van der Waals surface area contributed by atoms with Crippen LogP contribution in [0.15, 0.2) is 5.16 Å². The molecule has 0 radical (unpaired) electrons. The Hall–Kier alpha value is -1.57. The van der Waals surface area contributed by atoms with Crippen LogP contribution >= 0.6 is 11.8 Å². The van der Waals surface area contributed by atoms with Crippen LogP contribution in [-0.4, -0.2) is 95.8 Å². The lowest BCUT2D eigenvalue weighted by atomic mass is 10.2. The number of aromatic nitrogens is 5. The summed E-state index contributed by atoms with van der Waals surface area (Å²) < 4.78 is 6.96. The fourth-order valence-corrected chi connectivity index (χ4v) is 3.97. The summed E-state index contributed by atoms with van der Waals surface area (Å²) in [6.07, 6.45) is -0.961. The molecule has 29 heavy (non-hydrogen) atoms.